The number of halogens is 2. The first-order valence-corrected chi connectivity index (χ1v) is 15.8. The van der Waals surface area contributed by atoms with Crippen LogP contribution >= 0.6 is 0 Å². The topological polar surface area (TPSA) is 40.5 Å². The summed E-state index contributed by atoms with van der Waals surface area (Å²) in [5, 5.41) is 0. The molecule has 0 aromatic heterocycles. The maximum absolute atomic E-state index is 14.6. The summed E-state index contributed by atoms with van der Waals surface area (Å²) in [5.41, 5.74) is 0.790. The zero-order valence-corrected chi connectivity index (χ0v) is 25.9. The molecule has 232 valence electrons. The predicted molar refractivity (Wildman–Crippen MR) is 170 cm³/mol. The summed E-state index contributed by atoms with van der Waals surface area (Å²) in [7, 11) is 0. The molecule has 0 spiro atoms. The molecule has 1 aromatic carbocycles. The Morgan fingerprint density at radius 1 is 1.09 bits per heavy atom. The van der Waals surface area contributed by atoms with Gasteiger partial charge >= 0.3 is 0 Å². The van der Waals surface area contributed by atoms with Crippen LogP contribution < -0.4 is 4.74 Å². The molecule has 2 aliphatic heterocycles. The van der Waals surface area contributed by atoms with Crippen LogP contribution in [-0.4, -0.2) is 91.1 Å². The lowest BCUT2D eigenvalue weighted by Gasteiger charge is -2.34. The first kappa shape index (κ1) is 31.2. The van der Waals surface area contributed by atoms with Gasteiger partial charge in [-0.25, -0.2) is 0 Å². The molecule has 0 bridgehead atoms. The van der Waals surface area contributed by atoms with E-state index in [0.717, 1.165) is 75.8 Å². The number of hydrogen-bond acceptors (Lipinski definition) is 6. The molecule has 0 amide bonds. The van der Waals surface area contributed by atoms with E-state index in [9.17, 15) is 8.78 Å². The van der Waals surface area contributed by atoms with Crippen molar-refractivity contribution in [3.8, 4) is 5.75 Å². The van der Waals surface area contributed by atoms with Crippen molar-refractivity contribution < 1.29 is 18.3 Å². The normalized spacial score (nSPS) is 24.3. The van der Waals surface area contributed by atoms with E-state index in [4.69, 9.17) is 14.5 Å². The Hall–Kier alpha value is -3.23. The van der Waals surface area contributed by atoms with E-state index in [0.29, 0.717) is 18.8 Å². The van der Waals surface area contributed by atoms with Crippen molar-refractivity contribution in [1.29, 1.82) is 0 Å². The summed E-state index contributed by atoms with van der Waals surface area (Å²) in [4.78, 5) is 12.5. The number of piperazine rings is 1. The standard InChI is InChI=1S/C35H46F2N4O2/c1-5-7-16-41-33-25-29(42-22-21-40-19-17-39(6-2)18-20-40)14-15-32(33)38-34(41)27-10-8-12-30(23-27)43-31-13-9-11-28(24-31)35(36,37)26(3)4/h8-15,24-25,30,32-33H,3,5-7,16-23H2,1-2,4H3. The number of nitrogens with zero attached hydrogens (tertiary/aromatic N) is 4. The first-order valence-electron chi connectivity index (χ1n) is 15.8. The fourth-order valence-electron chi connectivity index (χ4n) is 6.03. The van der Waals surface area contributed by atoms with Gasteiger partial charge in [-0.05, 0) is 61.4 Å². The van der Waals surface area contributed by atoms with Crippen LogP contribution in [-0.2, 0) is 10.7 Å². The second-order valence-corrected chi connectivity index (χ2v) is 11.9. The Balaban J connectivity index is 1.22. The summed E-state index contributed by atoms with van der Waals surface area (Å²) < 4.78 is 41.6. The Labute approximate surface area is 255 Å². The van der Waals surface area contributed by atoms with E-state index < -0.39 is 5.92 Å². The molecule has 5 rings (SSSR count). The van der Waals surface area contributed by atoms with E-state index >= 15 is 0 Å². The fraction of sp³-hybridized carbons (Fsp3) is 0.514. The van der Waals surface area contributed by atoms with Crippen molar-refractivity contribution in [2.24, 2.45) is 4.99 Å². The molecule has 2 heterocycles. The van der Waals surface area contributed by atoms with Gasteiger partial charge in [-0.2, -0.15) is 8.78 Å². The number of benzene rings is 1. The number of aliphatic imine (C=N–C) groups is 1. The Morgan fingerprint density at radius 3 is 2.63 bits per heavy atom. The SMILES string of the molecule is C=C(C)C(F)(F)c1cccc(OC2C=CC=C(C3=NC4C=CC(OCCN5CCN(CC)CC5)=CC4N3CCCC)C2)c1. The lowest BCUT2D eigenvalue weighted by molar-refractivity contribution is 0.0382. The molecule has 1 aromatic rings. The molecule has 0 N–H and O–H groups in total. The second kappa shape index (κ2) is 14.0. The smallest absolute Gasteiger partial charge is 0.294 e. The van der Waals surface area contributed by atoms with Crippen LogP contribution in [0.15, 0.2) is 89.2 Å². The summed E-state index contributed by atoms with van der Waals surface area (Å²) in [6.07, 6.45) is 15.0. The van der Waals surface area contributed by atoms with Crippen molar-refractivity contribution in [3.05, 3.63) is 89.8 Å². The summed E-state index contributed by atoms with van der Waals surface area (Å²) >= 11 is 0. The van der Waals surface area contributed by atoms with E-state index in [1.54, 1.807) is 12.1 Å². The number of alkyl halides is 2. The number of amidine groups is 1. The van der Waals surface area contributed by atoms with Gasteiger partial charge in [0, 0.05) is 51.3 Å². The van der Waals surface area contributed by atoms with Gasteiger partial charge in [0.2, 0.25) is 0 Å². The van der Waals surface area contributed by atoms with Crippen LogP contribution in [0.3, 0.4) is 0 Å². The van der Waals surface area contributed by atoms with Crippen LogP contribution in [0.4, 0.5) is 8.78 Å². The largest absolute Gasteiger partial charge is 0.493 e. The van der Waals surface area contributed by atoms with Crippen molar-refractivity contribution in [1.82, 2.24) is 14.7 Å². The molecule has 43 heavy (non-hydrogen) atoms. The molecular formula is C35H46F2N4O2. The van der Waals surface area contributed by atoms with Gasteiger partial charge in [-0.15, -0.1) is 0 Å². The Kier molecular flexibility index (Phi) is 10.2. The van der Waals surface area contributed by atoms with Crippen LogP contribution in [0, 0.1) is 0 Å². The van der Waals surface area contributed by atoms with Crippen LogP contribution in [0.25, 0.3) is 0 Å². The molecule has 6 nitrogen and oxygen atoms in total. The van der Waals surface area contributed by atoms with E-state index in [-0.39, 0.29) is 29.3 Å². The number of hydrogen-bond donors (Lipinski definition) is 0. The van der Waals surface area contributed by atoms with Gasteiger partial charge in [0.05, 0.1) is 12.1 Å². The maximum Gasteiger partial charge on any atom is 0.294 e. The number of allylic oxidation sites excluding steroid dienone is 4. The summed E-state index contributed by atoms with van der Waals surface area (Å²) in [6.45, 7) is 17.3. The summed E-state index contributed by atoms with van der Waals surface area (Å²) in [6, 6.07) is 6.31. The number of rotatable bonds is 13. The molecular weight excluding hydrogens is 546 g/mol. The molecule has 4 aliphatic rings. The predicted octanol–water partition coefficient (Wildman–Crippen LogP) is 6.35. The van der Waals surface area contributed by atoms with Gasteiger partial charge in [0.15, 0.2) is 0 Å². The van der Waals surface area contributed by atoms with Crippen LogP contribution in [0.5, 0.6) is 5.75 Å². The molecule has 8 heteroatoms. The van der Waals surface area contributed by atoms with Crippen LogP contribution in [0.2, 0.25) is 0 Å². The van der Waals surface area contributed by atoms with Gasteiger partial charge in [-0.1, -0.05) is 57.2 Å². The number of ether oxygens (including phenoxy) is 2. The third-order valence-electron chi connectivity index (χ3n) is 8.74. The fourth-order valence-corrected chi connectivity index (χ4v) is 6.03. The van der Waals surface area contributed by atoms with Crippen molar-refractivity contribution in [3.63, 3.8) is 0 Å². The van der Waals surface area contributed by atoms with Gasteiger partial charge < -0.3 is 19.3 Å². The van der Waals surface area contributed by atoms with Gasteiger partial charge in [0.1, 0.15) is 30.1 Å². The van der Waals surface area contributed by atoms with E-state index in [1.807, 2.05) is 12.2 Å². The zero-order chi connectivity index (χ0) is 30.4. The lowest BCUT2D eigenvalue weighted by atomic mass is 9.99. The lowest BCUT2D eigenvalue weighted by Crippen LogP contribution is -2.47. The quantitative estimate of drug-likeness (QED) is 0.250. The minimum Gasteiger partial charge on any atom is -0.493 e. The Bertz CT molecular complexity index is 1290. The van der Waals surface area contributed by atoms with Crippen molar-refractivity contribution >= 4 is 5.84 Å². The molecule has 0 radical (unpaired) electrons. The minimum absolute atomic E-state index is 0.0357. The monoisotopic (exact) mass is 592 g/mol. The third-order valence-corrected chi connectivity index (χ3v) is 8.74. The highest BCUT2D eigenvalue weighted by molar-refractivity contribution is 6.01. The van der Waals surface area contributed by atoms with E-state index in [2.05, 4.69) is 59.4 Å². The highest BCUT2D eigenvalue weighted by Crippen LogP contribution is 2.37. The number of fused-ring (bicyclic) bond motifs is 1. The second-order valence-electron chi connectivity index (χ2n) is 11.9. The third kappa shape index (κ3) is 7.47. The molecule has 3 atom stereocenters. The van der Waals surface area contributed by atoms with Crippen molar-refractivity contribution in [2.75, 3.05) is 52.4 Å². The first-order chi connectivity index (χ1) is 20.8. The average Bonchev–Trinajstić information content (AvgIpc) is 3.38. The molecule has 1 saturated heterocycles. The molecule has 3 unspecified atom stereocenters. The highest BCUT2D eigenvalue weighted by atomic mass is 19.3. The Morgan fingerprint density at radius 2 is 1.88 bits per heavy atom. The van der Waals surface area contributed by atoms with Gasteiger partial charge in [0.25, 0.3) is 5.92 Å². The zero-order valence-electron chi connectivity index (χ0n) is 25.9. The van der Waals surface area contributed by atoms with Gasteiger partial charge in [-0.3, -0.25) is 9.89 Å². The number of likely N-dealkylation sites (N-methyl/N-ethyl adjacent to an activating group) is 1. The number of unbranched alkanes of at least 4 members (excludes halogenated alkanes) is 1. The van der Waals surface area contributed by atoms with Crippen molar-refractivity contribution in [2.45, 2.75) is 64.1 Å². The maximum atomic E-state index is 14.6. The average molecular weight is 593 g/mol. The highest BCUT2D eigenvalue weighted by Gasteiger charge is 2.37. The van der Waals surface area contributed by atoms with E-state index in [1.165, 1.54) is 19.1 Å². The summed E-state index contributed by atoms with van der Waals surface area (Å²) in [5.74, 6) is -0.787. The minimum atomic E-state index is -3.10. The van der Waals surface area contributed by atoms with Crippen LogP contribution in [0.1, 0.15) is 45.6 Å². The molecule has 0 saturated carbocycles. The molecule has 1 fully saturated rings. The molecule has 2 aliphatic carbocycles.